The average molecular weight is 282 g/mol. The number of tetrazole rings is 1. The van der Waals surface area contributed by atoms with Crippen LogP contribution in [-0.4, -0.2) is 33.9 Å². The molecule has 0 aliphatic rings. The van der Waals surface area contributed by atoms with Crippen LogP contribution in [0.5, 0.6) is 0 Å². The van der Waals surface area contributed by atoms with Crippen molar-refractivity contribution in [1.82, 2.24) is 20.2 Å². The van der Waals surface area contributed by atoms with Crippen molar-refractivity contribution in [2.75, 3.05) is 13.7 Å². The van der Waals surface area contributed by atoms with Crippen LogP contribution in [0.4, 0.5) is 0 Å². The predicted octanol–water partition coefficient (Wildman–Crippen LogP) is 3.39. The van der Waals surface area contributed by atoms with E-state index in [-0.39, 0.29) is 0 Å². The molecule has 0 N–H and O–H groups in total. The Morgan fingerprint density at radius 3 is 2.10 bits per heavy atom. The molecule has 0 amide bonds. The number of hydrogen-bond acceptors (Lipinski definition) is 4. The number of hydrogen-bond donors (Lipinski definition) is 0. The summed E-state index contributed by atoms with van der Waals surface area (Å²) in [6.45, 7) is 3.86. The number of aryl methyl sites for hydroxylation is 2. The van der Waals surface area contributed by atoms with E-state index in [0.29, 0.717) is 0 Å². The lowest BCUT2D eigenvalue weighted by Crippen LogP contribution is -2.03. The van der Waals surface area contributed by atoms with Crippen molar-refractivity contribution in [3.63, 3.8) is 0 Å². The van der Waals surface area contributed by atoms with E-state index in [2.05, 4.69) is 22.4 Å². The van der Waals surface area contributed by atoms with Gasteiger partial charge in [0.1, 0.15) is 0 Å². The number of unbranched alkanes of at least 4 members (excludes halogenated alkanes) is 8. The molecule has 0 spiro atoms. The van der Waals surface area contributed by atoms with Crippen LogP contribution < -0.4 is 0 Å². The van der Waals surface area contributed by atoms with Crippen LogP contribution in [0, 0.1) is 0 Å². The van der Waals surface area contributed by atoms with E-state index in [0.717, 1.165) is 25.4 Å². The molecule has 0 saturated carbocycles. The van der Waals surface area contributed by atoms with Crippen molar-refractivity contribution in [2.24, 2.45) is 0 Å². The third-order valence-electron chi connectivity index (χ3n) is 3.65. The van der Waals surface area contributed by atoms with Gasteiger partial charge in [0.2, 0.25) is 0 Å². The Balaban J connectivity index is 1.85. The number of aromatic nitrogens is 4. The van der Waals surface area contributed by atoms with E-state index in [4.69, 9.17) is 4.74 Å². The van der Waals surface area contributed by atoms with Gasteiger partial charge in [-0.1, -0.05) is 44.9 Å². The topological polar surface area (TPSA) is 52.8 Å². The Bertz CT molecular complexity index is 327. The van der Waals surface area contributed by atoms with Crippen LogP contribution in [0.2, 0.25) is 0 Å². The van der Waals surface area contributed by atoms with Crippen LogP contribution in [0.15, 0.2) is 0 Å². The van der Waals surface area contributed by atoms with Gasteiger partial charge < -0.3 is 4.74 Å². The normalized spacial score (nSPS) is 11.1. The first-order valence-electron chi connectivity index (χ1n) is 8.12. The fourth-order valence-corrected chi connectivity index (χ4v) is 2.41. The van der Waals surface area contributed by atoms with Gasteiger partial charge in [0.15, 0.2) is 5.82 Å². The van der Waals surface area contributed by atoms with Crippen molar-refractivity contribution in [3.8, 4) is 0 Å². The molecule has 5 heteroatoms. The fraction of sp³-hybridized carbons (Fsp3) is 0.933. The van der Waals surface area contributed by atoms with Crippen molar-refractivity contribution in [2.45, 2.75) is 77.7 Å². The summed E-state index contributed by atoms with van der Waals surface area (Å²) in [5.41, 5.74) is 0. The first-order valence-corrected chi connectivity index (χ1v) is 8.12. The zero-order chi connectivity index (χ0) is 14.5. The van der Waals surface area contributed by atoms with E-state index in [1.165, 1.54) is 57.8 Å². The second-order valence-corrected chi connectivity index (χ2v) is 5.34. The second kappa shape index (κ2) is 11.8. The molecule has 5 nitrogen and oxygen atoms in total. The number of rotatable bonds is 13. The molecule has 0 bridgehead atoms. The first-order chi connectivity index (χ1) is 9.88. The van der Waals surface area contributed by atoms with Gasteiger partial charge >= 0.3 is 0 Å². The summed E-state index contributed by atoms with van der Waals surface area (Å²) in [5, 5.41) is 11.7. The Labute approximate surface area is 123 Å². The lowest BCUT2D eigenvalue weighted by atomic mass is 10.1. The summed E-state index contributed by atoms with van der Waals surface area (Å²) in [6, 6.07) is 0. The van der Waals surface area contributed by atoms with E-state index >= 15 is 0 Å². The average Bonchev–Trinajstić information content (AvgIpc) is 2.92. The molecule has 1 aromatic rings. The van der Waals surface area contributed by atoms with E-state index in [1.54, 1.807) is 7.11 Å². The Morgan fingerprint density at radius 2 is 1.50 bits per heavy atom. The van der Waals surface area contributed by atoms with E-state index in [1.807, 2.05) is 4.68 Å². The Morgan fingerprint density at radius 1 is 0.900 bits per heavy atom. The monoisotopic (exact) mass is 282 g/mol. The third kappa shape index (κ3) is 7.58. The lowest BCUT2D eigenvalue weighted by molar-refractivity contribution is 0.192. The first kappa shape index (κ1) is 17.1. The maximum absolute atomic E-state index is 5.05. The van der Waals surface area contributed by atoms with Gasteiger partial charge in [0.05, 0.1) is 0 Å². The summed E-state index contributed by atoms with van der Waals surface area (Å²) in [6.07, 6.45) is 12.8. The van der Waals surface area contributed by atoms with Crippen LogP contribution in [0.3, 0.4) is 0 Å². The zero-order valence-electron chi connectivity index (χ0n) is 13.2. The molecule has 0 aliphatic heterocycles. The molecule has 0 atom stereocenters. The molecular formula is C15H30N4O. The summed E-state index contributed by atoms with van der Waals surface area (Å²) >= 11 is 0. The standard InChI is InChI=1S/C15H30N4O/c1-3-19-15(16-17-18-19)13-11-9-7-5-4-6-8-10-12-14-20-2/h3-14H2,1-2H3. The van der Waals surface area contributed by atoms with E-state index < -0.39 is 0 Å². The second-order valence-electron chi connectivity index (χ2n) is 5.34. The molecule has 116 valence electrons. The molecule has 0 fully saturated rings. The minimum absolute atomic E-state index is 0.866. The largest absolute Gasteiger partial charge is 0.385 e. The summed E-state index contributed by atoms with van der Waals surface area (Å²) in [5.74, 6) is 1.03. The molecule has 1 rings (SSSR count). The summed E-state index contributed by atoms with van der Waals surface area (Å²) < 4.78 is 6.93. The lowest BCUT2D eigenvalue weighted by Gasteiger charge is -2.03. The van der Waals surface area contributed by atoms with Crippen molar-refractivity contribution in [3.05, 3.63) is 5.82 Å². The molecule has 0 saturated heterocycles. The van der Waals surface area contributed by atoms with E-state index in [9.17, 15) is 0 Å². The highest BCUT2D eigenvalue weighted by Gasteiger charge is 2.03. The maximum Gasteiger partial charge on any atom is 0.151 e. The zero-order valence-corrected chi connectivity index (χ0v) is 13.2. The van der Waals surface area contributed by atoms with Crippen LogP contribution in [0.1, 0.15) is 70.5 Å². The molecular weight excluding hydrogens is 252 g/mol. The van der Waals surface area contributed by atoms with Gasteiger partial charge in [-0.2, -0.15) is 0 Å². The van der Waals surface area contributed by atoms with Crippen molar-refractivity contribution in [1.29, 1.82) is 0 Å². The minimum Gasteiger partial charge on any atom is -0.385 e. The highest BCUT2D eigenvalue weighted by atomic mass is 16.5. The fourth-order valence-electron chi connectivity index (χ4n) is 2.41. The van der Waals surface area contributed by atoms with Gasteiger partial charge in [-0.05, 0) is 30.2 Å². The van der Waals surface area contributed by atoms with Crippen molar-refractivity contribution < 1.29 is 4.74 Å². The SMILES string of the molecule is CCn1nnnc1CCCCCCCCCCCOC. The predicted molar refractivity (Wildman–Crippen MR) is 80.6 cm³/mol. The highest BCUT2D eigenvalue weighted by molar-refractivity contribution is 4.80. The molecule has 0 unspecified atom stereocenters. The molecule has 20 heavy (non-hydrogen) atoms. The third-order valence-corrected chi connectivity index (χ3v) is 3.65. The van der Waals surface area contributed by atoms with Gasteiger partial charge in [-0.3, -0.25) is 0 Å². The van der Waals surface area contributed by atoms with Gasteiger partial charge in [0, 0.05) is 26.7 Å². The number of methoxy groups -OCH3 is 1. The molecule has 0 aliphatic carbocycles. The summed E-state index contributed by atoms with van der Waals surface area (Å²) in [7, 11) is 1.78. The van der Waals surface area contributed by atoms with Gasteiger partial charge in [0.25, 0.3) is 0 Å². The maximum atomic E-state index is 5.05. The quantitative estimate of drug-likeness (QED) is 0.520. The van der Waals surface area contributed by atoms with Gasteiger partial charge in [-0.15, -0.1) is 5.10 Å². The summed E-state index contributed by atoms with van der Waals surface area (Å²) in [4.78, 5) is 0. The van der Waals surface area contributed by atoms with Crippen molar-refractivity contribution >= 4 is 0 Å². The minimum atomic E-state index is 0.866. The smallest absolute Gasteiger partial charge is 0.151 e. The number of ether oxygens (including phenoxy) is 1. The molecule has 1 heterocycles. The number of nitrogens with zero attached hydrogens (tertiary/aromatic N) is 4. The van der Waals surface area contributed by atoms with Gasteiger partial charge in [-0.25, -0.2) is 4.68 Å². The molecule has 0 aromatic carbocycles. The van der Waals surface area contributed by atoms with Crippen LogP contribution in [0.25, 0.3) is 0 Å². The highest BCUT2D eigenvalue weighted by Crippen LogP contribution is 2.11. The Kier molecular flexibility index (Phi) is 10.1. The molecule has 1 aromatic heterocycles. The van der Waals surface area contributed by atoms with Crippen LogP contribution >= 0.6 is 0 Å². The van der Waals surface area contributed by atoms with Crippen LogP contribution in [-0.2, 0) is 17.7 Å². The molecule has 0 radical (unpaired) electrons. The Hall–Kier alpha value is -0.970.